The highest BCUT2D eigenvalue weighted by molar-refractivity contribution is 9.10. The van der Waals surface area contributed by atoms with E-state index in [0.29, 0.717) is 18.7 Å². The fourth-order valence-electron chi connectivity index (χ4n) is 5.84. The van der Waals surface area contributed by atoms with Crippen LogP contribution >= 0.6 is 15.9 Å². The van der Waals surface area contributed by atoms with E-state index in [0.717, 1.165) is 28.4 Å². The quantitative estimate of drug-likeness (QED) is 0.396. The molecule has 2 aliphatic rings. The first-order valence-corrected chi connectivity index (χ1v) is 13.9. The number of rotatable bonds is 7. The van der Waals surface area contributed by atoms with Gasteiger partial charge in [-0.15, -0.1) is 0 Å². The van der Waals surface area contributed by atoms with Crippen LogP contribution in [0.4, 0.5) is 0 Å². The molecule has 5 rings (SSSR count). The Morgan fingerprint density at radius 1 is 0.974 bits per heavy atom. The molecule has 0 aromatic heterocycles. The van der Waals surface area contributed by atoms with Gasteiger partial charge in [0.25, 0.3) is 5.91 Å². The van der Waals surface area contributed by atoms with Crippen molar-refractivity contribution >= 4 is 33.7 Å². The molecule has 0 saturated carbocycles. The Morgan fingerprint density at radius 3 is 2.28 bits per heavy atom. The van der Waals surface area contributed by atoms with Crippen molar-refractivity contribution in [2.24, 2.45) is 5.92 Å². The van der Waals surface area contributed by atoms with E-state index < -0.39 is 29.9 Å². The van der Waals surface area contributed by atoms with E-state index >= 15 is 0 Å². The molecule has 2 heterocycles. The lowest BCUT2D eigenvalue weighted by Gasteiger charge is -2.32. The number of hydrogen-bond donors (Lipinski definition) is 1. The van der Waals surface area contributed by atoms with Gasteiger partial charge >= 0.3 is 5.97 Å². The molecule has 39 heavy (non-hydrogen) atoms. The Kier molecular flexibility index (Phi) is 8.43. The third-order valence-electron chi connectivity index (χ3n) is 7.57. The van der Waals surface area contributed by atoms with Gasteiger partial charge < -0.3 is 19.7 Å². The standard InChI is InChI=1S/C31H31BrN2O5/c1-38-31(37)26-25(20-10-4-2-5-11-20)28(29(35)33-19-24-16-9-17-39-24)34(27(26)21-12-6-3-7-13-21)30(36)22-14-8-15-23(32)18-22/h2-8,10-15,18,24-28H,9,16-17,19H2,1H3,(H,33,35). The molecule has 0 bridgehead atoms. The van der Waals surface area contributed by atoms with Crippen LogP contribution < -0.4 is 5.32 Å². The molecule has 202 valence electrons. The third-order valence-corrected chi connectivity index (χ3v) is 8.06. The molecule has 3 aromatic rings. The monoisotopic (exact) mass is 590 g/mol. The minimum atomic E-state index is -0.963. The Hall–Kier alpha value is -3.49. The molecule has 0 aliphatic carbocycles. The van der Waals surface area contributed by atoms with Crippen molar-refractivity contribution in [2.75, 3.05) is 20.3 Å². The summed E-state index contributed by atoms with van der Waals surface area (Å²) >= 11 is 3.46. The second-order valence-electron chi connectivity index (χ2n) is 9.89. The van der Waals surface area contributed by atoms with Gasteiger partial charge in [-0.3, -0.25) is 14.4 Å². The Morgan fingerprint density at radius 2 is 1.67 bits per heavy atom. The maximum Gasteiger partial charge on any atom is 0.311 e. The van der Waals surface area contributed by atoms with E-state index in [1.165, 1.54) is 7.11 Å². The molecule has 2 aliphatic heterocycles. The Balaban J connectivity index is 1.67. The number of methoxy groups -OCH3 is 1. The number of halogens is 1. The molecule has 7 nitrogen and oxygen atoms in total. The smallest absolute Gasteiger partial charge is 0.311 e. The predicted octanol–water partition coefficient (Wildman–Crippen LogP) is 4.88. The van der Waals surface area contributed by atoms with Crippen LogP contribution in [0.5, 0.6) is 0 Å². The van der Waals surface area contributed by atoms with Crippen molar-refractivity contribution in [3.8, 4) is 0 Å². The van der Waals surface area contributed by atoms with Crippen LogP contribution in [-0.2, 0) is 19.1 Å². The summed E-state index contributed by atoms with van der Waals surface area (Å²) in [7, 11) is 1.34. The van der Waals surface area contributed by atoms with E-state index in [4.69, 9.17) is 9.47 Å². The molecule has 2 fully saturated rings. The average molecular weight is 592 g/mol. The molecule has 2 amide bonds. The predicted molar refractivity (Wildman–Crippen MR) is 150 cm³/mol. The van der Waals surface area contributed by atoms with Gasteiger partial charge in [0.15, 0.2) is 0 Å². The number of hydrogen-bond acceptors (Lipinski definition) is 5. The largest absolute Gasteiger partial charge is 0.469 e. The topological polar surface area (TPSA) is 84.9 Å². The zero-order valence-electron chi connectivity index (χ0n) is 21.7. The first-order valence-electron chi connectivity index (χ1n) is 13.1. The van der Waals surface area contributed by atoms with Crippen molar-refractivity contribution in [1.82, 2.24) is 10.2 Å². The second kappa shape index (κ2) is 12.1. The number of benzene rings is 3. The number of amides is 2. The van der Waals surface area contributed by atoms with E-state index in [1.807, 2.05) is 66.7 Å². The lowest BCUT2D eigenvalue weighted by molar-refractivity contribution is -0.146. The molecule has 8 heteroatoms. The summed E-state index contributed by atoms with van der Waals surface area (Å²) in [4.78, 5) is 43.6. The normalized spacial score (nSPS) is 24.4. The number of carbonyl (C=O) groups excluding carboxylic acids is 3. The molecule has 1 N–H and O–H groups in total. The molecular formula is C31H31BrN2O5. The fraction of sp³-hybridized carbons (Fsp3) is 0.323. The van der Waals surface area contributed by atoms with Gasteiger partial charge in [0.1, 0.15) is 6.04 Å². The highest BCUT2D eigenvalue weighted by Crippen LogP contribution is 2.51. The Bertz CT molecular complexity index is 1310. The Labute approximate surface area is 236 Å². The van der Waals surface area contributed by atoms with Crippen molar-refractivity contribution < 1.29 is 23.9 Å². The molecule has 5 unspecified atom stereocenters. The maximum absolute atomic E-state index is 14.3. The van der Waals surface area contributed by atoms with Gasteiger partial charge in [-0.25, -0.2) is 0 Å². The van der Waals surface area contributed by atoms with Gasteiger partial charge in [-0.2, -0.15) is 0 Å². The highest BCUT2D eigenvalue weighted by Gasteiger charge is 2.58. The van der Waals surface area contributed by atoms with Crippen LogP contribution in [0.25, 0.3) is 0 Å². The summed E-state index contributed by atoms with van der Waals surface area (Å²) in [5, 5.41) is 3.04. The second-order valence-corrected chi connectivity index (χ2v) is 10.8. The molecule has 0 radical (unpaired) electrons. The number of likely N-dealkylation sites (tertiary alicyclic amines) is 1. The molecule has 3 aromatic carbocycles. The number of nitrogens with one attached hydrogen (secondary N) is 1. The minimum absolute atomic E-state index is 0.0684. The van der Waals surface area contributed by atoms with Crippen LogP contribution in [0.2, 0.25) is 0 Å². The van der Waals surface area contributed by atoms with Crippen molar-refractivity contribution in [2.45, 2.75) is 36.9 Å². The zero-order chi connectivity index (χ0) is 27.4. The fourth-order valence-corrected chi connectivity index (χ4v) is 6.24. The van der Waals surface area contributed by atoms with Crippen LogP contribution in [0, 0.1) is 5.92 Å². The molecule has 5 atom stereocenters. The van der Waals surface area contributed by atoms with Crippen LogP contribution in [0.15, 0.2) is 89.4 Å². The number of carbonyl (C=O) groups is 3. The zero-order valence-corrected chi connectivity index (χ0v) is 23.3. The molecule has 2 saturated heterocycles. The summed E-state index contributed by atoms with van der Waals surface area (Å²) in [5.41, 5.74) is 1.96. The first kappa shape index (κ1) is 27.1. The van der Waals surface area contributed by atoms with Crippen molar-refractivity contribution in [3.63, 3.8) is 0 Å². The summed E-state index contributed by atoms with van der Waals surface area (Å²) in [6, 6.07) is 24.2. The van der Waals surface area contributed by atoms with Gasteiger partial charge in [0.2, 0.25) is 5.91 Å². The van der Waals surface area contributed by atoms with E-state index in [9.17, 15) is 14.4 Å². The SMILES string of the molecule is COC(=O)C1C(c2ccccc2)C(C(=O)NCC2CCCO2)N(C(=O)c2cccc(Br)c2)C1c1ccccc1. The lowest BCUT2D eigenvalue weighted by Crippen LogP contribution is -2.50. The van der Waals surface area contributed by atoms with Gasteiger partial charge in [0.05, 0.1) is 25.2 Å². The lowest BCUT2D eigenvalue weighted by atomic mass is 9.80. The van der Waals surface area contributed by atoms with E-state index in [1.54, 1.807) is 23.1 Å². The van der Waals surface area contributed by atoms with Crippen molar-refractivity contribution in [3.05, 3.63) is 106 Å². The summed E-state index contributed by atoms with van der Waals surface area (Å²) in [6.45, 7) is 1.01. The van der Waals surface area contributed by atoms with E-state index in [2.05, 4.69) is 21.2 Å². The number of ether oxygens (including phenoxy) is 2. The van der Waals surface area contributed by atoms with Gasteiger partial charge in [0, 0.05) is 29.1 Å². The minimum Gasteiger partial charge on any atom is -0.469 e. The van der Waals surface area contributed by atoms with Crippen LogP contribution in [-0.4, -0.2) is 55.1 Å². The van der Waals surface area contributed by atoms with Crippen LogP contribution in [0.3, 0.4) is 0 Å². The highest BCUT2D eigenvalue weighted by atomic mass is 79.9. The average Bonchev–Trinajstić information content (AvgIpc) is 3.62. The third kappa shape index (κ3) is 5.63. The van der Waals surface area contributed by atoms with Gasteiger partial charge in [-0.05, 0) is 42.2 Å². The molecule has 0 spiro atoms. The number of nitrogens with zero attached hydrogens (tertiary/aromatic N) is 1. The van der Waals surface area contributed by atoms with Gasteiger partial charge in [-0.1, -0.05) is 82.7 Å². The van der Waals surface area contributed by atoms with Crippen molar-refractivity contribution in [1.29, 1.82) is 0 Å². The van der Waals surface area contributed by atoms with E-state index in [-0.39, 0.29) is 17.9 Å². The summed E-state index contributed by atoms with van der Waals surface area (Å²) < 4.78 is 11.8. The first-order chi connectivity index (χ1) is 19.0. The summed E-state index contributed by atoms with van der Waals surface area (Å²) in [5.74, 6) is -2.58. The van der Waals surface area contributed by atoms with Crippen LogP contribution in [0.1, 0.15) is 46.3 Å². The molecular weight excluding hydrogens is 560 g/mol. The maximum atomic E-state index is 14.3. The number of esters is 1. The summed E-state index contributed by atoms with van der Waals surface area (Å²) in [6.07, 6.45) is 1.75.